The van der Waals surface area contributed by atoms with E-state index in [2.05, 4.69) is 10.3 Å². The molecule has 1 amide bonds. The average Bonchev–Trinajstić information content (AvgIpc) is 2.96. The lowest BCUT2D eigenvalue weighted by atomic mass is 9.97. The minimum atomic E-state index is -0.981. The van der Waals surface area contributed by atoms with Gasteiger partial charge < -0.3 is 20.1 Å². The number of aliphatic hydroxyl groups is 1. The van der Waals surface area contributed by atoms with Gasteiger partial charge in [-0.2, -0.15) is 0 Å². The van der Waals surface area contributed by atoms with Crippen molar-refractivity contribution in [3.8, 4) is 11.1 Å². The number of hydrogen-bond acceptors (Lipinski definition) is 5. The Morgan fingerprint density at radius 2 is 1.96 bits per heavy atom. The second kappa shape index (κ2) is 8.59. The highest BCUT2D eigenvalue weighted by atomic mass is 19.1. The number of aromatic amines is 1. The summed E-state index contributed by atoms with van der Waals surface area (Å²) < 4.78 is 19.4. The summed E-state index contributed by atoms with van der Waals surface area (Å²) in [5, 5.41) is 11.5. The topological polar surface area (TPSA) is 108 Å². The number of hydrogen-bond donors (Lipinski definition) is 3. The van der Waals surface area contributed by atoms with Crippen molar-refractivity contribution in [2.45, 2.75) is 26.9 Å². The van der Waals surface area contributed by atoms with Crippen LogP contribution in [-0.2, 0) is 9.53 Å². The Hall–Kier alpha value is -3.00. The van der Waals surface area contributed by atoms with Gasteiger partial charge in [-0.3, -0.25) is 9.59 Å². The zero-order valence-electron chi connectivity index (χ0n) is 15.3. The molecule has 3 N–H and O–H groups in total. The summed E-state index contributed by atoms with van der Waals surface area (Å²) in [6.07, 6.45) is -0.840. The highest BCUT2D eigenvalue weighted by Gasteiger charge is 2.30. The van der Waals surface area contributed by atoms with Crippen LogP contribution in [0.3, 0.4) is 0 Å². The third-order valence-corrected chi connectivity index (χ3v) is 3.80. The van der Waals surface area contributed by atoms with E-state index in [4.69, 9.17) is 4.74 Å². The smallest absolute Gasteiger partial charge is 0.340 e. The van der Waals surface area contributed by atoms with E-state index < -0.39 is 29.6 Å². The summed E-state index contributed by atoms with van der Waals surface area (Å²) in [5.41, 5.74) is 0.0218. The third-order valence-electron chi connectivity index (χ3n) is 3.80. The maximum absolute atomic E-state index is 14.4. The number of rotatable bonds is 7. The SMILES string of the molecule is CCOC(=O)c1c(C)[nH]c(C(=O)C(=O)NC[C@@H](C)O)c1-c1ccccc1F. The molecule has 0 radical (unpaired) electrons. The van der Waals surface area contributed by atoms with Gasteiger partial charge in [-0.1, -0.05) is 18.2 Å². The molecule has 0 saturated heterocycles. The van der Waals surface area contributed by atoms with E-state index in [1.54, 1.807) is 13.0 Å². The zero-order chi connectivity index (χ0) is 20.1. The molecule has 27 heavy (non-hydrogen) atoms. The maximum Gasteiger partial charge on any atom is 0.340 e. The van der Waals surface area contributed by atoms with Crippen molar-refractivity contribution in [3.63, 3.8) is 0 Å². The molecule has 0 unspecified atom stereocenters. The molecule has 0 aliphatic heterocycles. The highest BCUT2D eigenvalue weighted by molar-refractivity contribution is 6.43. The van der Waals surface area contributed by atoms with E-state index in [1.807, 2.05) is 0 Å². The summed E-state index contributed by atoms with van der Waals surface area (Å²) >= 11 is 0. The molecule has 2 aromatic rings. The number of benzene rings is 1. The van der Waals surface area contributed by atoms with Crippen LogP contribution >= 0.6 is 0 Å². The van der Waals surface area contributed by atoms with Crippen LogP contribution in [0.25, 0.3) is 11.1 Å². The van der Waals surface area contributed by atoms with Gasteiger partial charge in [0.25, 0.3) is 11.7 Å². The number of H-pyrrole nitrogens is 1. The number of ketones is 1. The van der Waals surface area contributed by atoms with Crippen LogP contribution in [0.2, 0.25) is 0 Å². The largest absolute Gasteiger partial charge is 0.462 e. The van der Waals surface area contributed by atoms with Crippen LogP contribution in [0.4, 0.5) is 4.39 Å². The Bertz CT molecular complexity index is 873. The van der Waals surface area contributed by atoms with Gasteiger partial charge in [-0.25, -0.2) is 9.18 Å². The van der Waals surface area contributed by atoms with Crippen molar-refractivity contribution < 1.29 is 28.6 Å². The van der Waals surface area contributed by atoms with E-state index in [9.17, 15) is 23.9 Å². The van der Waals surface area contributed by atoms with Gasteiger partial charge in [0.2, 0.25) is 0 Å². The average molecular weight is 376 g/mol. The third kappa shape index (κ3) is 4.40. The quantitative estimate of drug-likeness (QED) is 0.389. The molecule has 1 heterocycles. The fourth-order valence-electron chi connectivity index (χ4n) is 2.62. The lowest BCUT2D eigenvalue weighted by molar-refractivity contribution is -0.117. The lowest BCUT2D eigenvalue weighted by Gasteiger charge is -2.09. The normalized spacial score (nSPS) is 11.7. The van der Waals surface area contributed by atoms with Crippen LogP contribution in [0, 0.1) is 12.7 Å². The summed E-state index contributed by atoms with van der Waals surface area (Å²) in [5.74, 6) is -3.34. The maximum atomic E-state index is 14.4. The minimum absolute atomic E-state index is 0.00317. The Balaban J connectivity index is 2.60. The fraction of sp³-hybridized carbons (Fsp3) is 0.316. The molecule has 0 aliphatic rings. The number of Topliss-reactive ketones (excluding diaryl/α,β-unsaturated/α-hetero) is 1. The number of aliphatic hydroxyl groups excluding tert-OH is 1. The summed E-state index contributed by atoms with van der Waals surface area (Å²) in [6.45, 7) is 4.58. The van der Waals surface area contributed by atoms with E-state index >= 15 is 0 Å². The number of aromatic nitrogens is 1. The van der Waals surface area contributed by atoms with Gasteiger partial charge in [-0.05, 0) is 26.8 Å². The Kier molecular flexibility index (Phi) is 6.46. The Morgan fingerprint density at radius 3 is 2.56 bits per heavy atom. The molecule has 144 valence electrons. The lowest BCUT2D eigenvalue weighted by Crippen LogP contribution is -2.36. The van der Waals surface area contributed by atoms with Gasteiger partial charge in [0.05, 0.1) is 18.3 Å². The Morgan fingerprint density at radius 1 is 1.30 bits per heavy atom. The predicted molar refractivity (Wildman–Crippen MR) is 95.9 cm³/mol. The molecule has 0 aliphatic carbocycles. The first-order valence-corrected chi connectivity index (χ1v) is 8.43. The molecule has 1 aromatic heterocycles. The molecule has 1 aromatic carbocycles. The number of ether oxygens (including phenoxy) is 1. The van der Waals surface area contributed by atoms with Gasteiger partial charge >= 0.3 is 5.97 Å². The number of carbonyl (C=O) groups is 3. The van der Waals surface area contributed by atoms with Crippen molar-refractivity contribution in [1.29, 1.82) is 0 Å². The van der Waals surface area contributed by atoms with Crippen molar-refractivity contribution in [1.82, 2.24) is 10.3 Å². The number of amides is 1. The molecule has 1 atom stereocenters. The van der Waals surface area contributed by atoms with Crippen LogP contribution in [-0.4, -0.2) is 47.0 Å². The van der Waals surface area contributed by atoms with Crippen molar-refractivity contribution in [3.05, 3.63) is 47.0 Å². The number of nitrogens with one attached hydrogen (secondary N) is 2. The van der Waals surface area contributed by atoms with Gasteiger partial charge in [0.15, 0.2) is 0 Å². The molecular weight excluding hydrogens is 355 g/mol. The number of esters is 1. The number of aryl methyl sites for hydroxylation is 1. The second-order valence-corrected chi connectivity index (χ2v) is 5.96. The first kappa shape index (κ1) is 20.3. The molecule has 0 bridgehead atoms. The molecule has 8 heteroatoms. The molecule has 0 spiro atoms. The molecule has 7 nitrogen and oxygen atoms in total. The summed E-state index contributed by atoms with van der Waals surface area (Å²) in [7, 11) is 0. The van der Waals surface area contributed by atoms with E-state index in [0.717, 1.165) is 0 Å². The Labute approximate surface area is 155 Å². The second-order valence-electron chi connectivity index (χ2n) is 5.96. The van der Waals surface area contributed by atoms with E-state index in [1.165, 1.54) is 32.0 Å². The van der Waals surface area contributed by atoms with Gasteiger partial charge in [-0.15, -0.1) is 0 Å². The molecular formula is C19H21FN2O5. The van der Waals surface area contributed by atoms with Crippen molar-refractivity contribution in [2.75, 3.05) is 13.2 Å². The minimum Gasteiger partial charge on any atom is -0.462 e. The van der Waals surface area contributed by atoms with Crippen molar-refractivity contribution >= 4 is 17.7 Å². The van der Waals surface area contributed by atoms with Gasteiger partial charge in [0, 0.05) is 23.4 Å². The van der Waals surface area contributed by atoms with Crippen LogP contribution in [0.5, 0.6) is 0 Å². The zero-order valence-corrected chi connectivity index (χ0v) is 15.3. The predicted octanol–water partition coefficient (Wildman–Crippen LogP) is 1.99. The van der Waals surface area contributed by atoms with Crippen LogP contribution in [0.1, 0.15) is 40.4 Å². The summed E-state index contributed by atoms with van der Waals surface area (Å²) in [4.78, 5) is 39.8. The van der Waals surface area contributed by atoms with E-state index in [0.29, 0.717) is 0 Å². The first-order valence-electron chi connectivity index (χ1n) is 8.43. The molecule has 2 rings (SSSR count). The van der Waals surface area contributed by atoms with Crippen molar-refractivity contribution in [2.24, 2.45) is 0 Å². The fourth-order valence-corrected chi connectivity index (χ4v) is 2.62. The number of halogens is 1. The number of carbonyl (C=O) groups excluding carboxylic acids is 3. The van der Waals surface area contributed by atoms with Crippen LogP contribution < -0.4 is 5.32 Å². The highest BCUT2D eigenvalue weighted by Crippen LogP contribution is 2.33. The van der Waals surface area contributed by atoms with Gasteiger partial charge in [0.1, 0.15) is 11.5 Å². The van der Waals surface area contributed by atoms with Crippen LogP contribution in [0.15, 0.2) is 24.3 Å². The first-order chi connectivity index (χ1) is 12.8. The standard InChI is InChI=1S/C19H21FN2O5/c1-4-27-19(26)14-11(3)22-16(17(24)18(25)21-9-10(2)23)15(14)12-7-5-6-8-13(12)20/h5-8,10,22-23H,4,9H2,1-3H3,(H,21,25)/t10-/m1/s1. The van der Waals surface area contributed by atoms with E-state index in [-0.39, 0.29) is 41.2 Å². The monoisotopic (exact) mass is 376 g/mol. The summed E-state index contributed by atoms with van der Waals surface area (Å²) in [6, 6.07) is 5.62. The molecule has 0 saturated carbocycles. The molecule has 0 fully saturated rings.